The minimum absolute atomic E-state index is 0.00716. The number of nitrogens with zero attached hydrogens (tertiary/aromatic N) is 2. The van der Waals surface area contributed by atoms with Crippen molar-refractivity contribution < 1.29 is 9.59 Å². The van der Waals surface area contributed by atoms with Crippen LogP contribution in [-0.2, 0) is 11.3 Å². The second kappa shape index (κ2) is 8.77. The molecule has 0 spiro atoms. The van der Waals surface area contributed by atoms with Gasteiger partial charge < -0.3 is 9.80 Å². The van der Waals surface area contributed by atoms with E-state index in [-0.39, 0.29) is 11.8 Å². The maximum Gasteiger partial charge on any atom is 0.254 e. The number of benzene rings is 2. The van der Waals surface area contributed by atoms with Crippen LogP contribution in [-0.4, -0.2) is 40.7 Å². The fourth-order valence-corrected chi connectivity index (χ4v) is 3.72. The highest BCUT2D eigenvalue weighted by atomic mass is 35.5. The first-order valence-corrected chi connectivity index (χ1v) is 9.85. The summed E-state index contributed by atoms with van der Waals surface area (Å²) in [7, 11) is 0. The van der Waals surface area contributed by atoms with Crippen LogP contribution >= 0.6 is 23.2 Å². The third kappa shape index (κ3) is 4.45. The summed E-state index contributed by atoms with van der Waals surface area (Å²) in [5.74, 6) is -0.188. The lowest BCUT2D eigenvalue weighted by atomic mass is 10.1. The molecule has 1 aliphatic rings. The minimum atomic E-state index is -0.435. The molecule has 1 heterocycles. The molecular weight excluding hydrogens is 383 g/mol. The van der Waals surface area contributed by atoms with Gasteiger partial charge in [0, 0.05) is 25.2 Å². The summed E-state index contributed by atoms with van der Waals surface area (Å²) < 4.78 is 0. The van der Waals surface area contributed by atoms with Crippen LogP contribution < -0.4 is 0 Å². The van der Waals surface area contributed by atoms with Gasteiger partial charge in [-0.05, 0) is 43.5 Å². The molecule has 1 atom stereocenters. The second-order valence-electron chi connectivity index (χ2n) is 6.62. The standard InChI is InChI=1S/C21H22Cl2N2O2/c1-2-24(14-15-7-4-3-5-8-15)21(27)19-9-6-12-25(19)20(26)16-10-11-17(22)18(23)13-16/h3-5,7-8,10-11,13,19H,2,6,9,12,14H2,1H3. The Morgan fingerprint density at radius 3 is 2.52 bits per heavy atom. The van der Waals surface area contributed by atoms with Gasteiger partial charge in [-0.2, -0.15) is 0 Å². The first kappa shape index (κ1) is 19.7. The van der Waals surface area contributed by atoms with E-state index in [0.717, 1.165) is 12.0 Å². The summed E-state index contributed by atoms with van der Waals surface area (Å²) in [6.07, 6.45) is 1.49. The van der Waals surface area contributed by atoms with Gasteiger partial charge in [0.2, 0.25) is 5.91 Å². The van der Waals surface area contributed by atoms with E-state index in [0.29, 0.717) is 41.7 Å². The van der Waals surface area contributed by atoms with Crippen molar-refractivity contribution in [3.63, 3.8) is 0 Å². The molecule has 1 unspecified atom stereocenters. The lowest BCUT2D eigenvalue weighted by Crippen LogP contribution is -2.47. The third-order valence-corrected chi connectivity index (χ3v) is 5.61. The minimum Gasteiger partial charge on any atom is -0.337 e. The molecule has 6 heteroatoms. The largest absolute Gasteiger partial charge is 0.337 e. The van der Waals surface area contributed by atoms with Crippen LogP contribution in [0.15, 0.2) is 48.5 Å². The molecule has 0 radical (unpaired) electrons. The van der Waals surface area contributed by atoms with E-state index in [4.69, 9.17) is 23.2 Å². The van der Waals surface area contributed by atoms with Gasteiger partial charge in [-0.3, -0.25) is 9.59 Å². The van der Waals surface area contributed by atoms with E-state index in [1.807, 2.05) is 37.3 Å². The molecule has 27 heavy (non-hydrogen) atoms. The van der Waals surface area contributed by atoms with E-state index in [1.165, 1.54) is 0 Å². The average Bonchev–Trinajstić information content (AvgIpc) is 3.17. The van der Waals surface area contributed by atoms with E-state index in [9.17, 15) is 9.59 Å². The van der Waals surface area contributed by atoms with Crippen LogP contribution in [0.5, 0.6) is 0 Å². The first-order chi connectivity index (χ1) is 13.0. The van der Waals surface area contributed by atoms with Crippen LogP contribution in [0.4, 0.5) is 0 Å². The Kier molecular flexibility index (Phi) is 6.40. The molecule has 0 bridgehead atoms. The predicted octanol–water partition coefficient (Wildman–Crippen LogP) is 4.65. The molecule has 0 saturated carbocycles. The third-order valence-electron chi connectivity index (χ3n) is 4.87. The average molecular weight is 405 g/mol. The smallest absolute Gasteiger partial charge is 0.254 e. The van der Waals surface area contributed by atoms with Gasteiger partial charge in [0.1, 0.15) is 6.04 Å². The molecule has 2 aromatic rings. The number of hydrogen-bond donors (Lipinski definition) is 0. The highest BCUT2D eigenvalue weighted by molar-refractivity contribution is 6.42. The fourth-order valence-electron chi connectivity index (χ4n) is 3.42. The zero-order chi connectivity index (χ0) is 19.4. The molecule has 1 fully saturated rings. The van der Waals surface area contributed by atoms with Gasteiger partial charge in [-0.25, -0.2) is 0 Å². The van der Waals surface area contributed by atoms with Gasteiger partial charge in [-0.15, -0.1) is 0 Å². The Balaban J connectivity index is 1.76. The van der Waals surface area contributed by atoms with Crippen molar-refractivity contribution in [2.24, 2.45) is 0 Å². The number of carbonyl (C=O) groups excluding carboxylic acids is 2. The Bertz CT molecular complexity index is 826. The number of carbonyl (C=O) groups is 2. The maximum absolute atomic E-state index is 13.1. The van der Waals surface area contributed by atoms with Crippen molar-refractivity contribution in [3.8, 4) is 0 Å². The van der Waals surface area contributed by atoms with Crippen LogP contribution in [0.2, 0.25) is 10.0 Å². The molecule has 0 aromatic heterocycles. The molecule has 2 amide bonds. The zero-order valence-electron chi connectivity index (χ0n) is 15.2. The topological polar surface area (TPSA) is 40.6 Å². The van der Waals surface area contributed by atoms with Crippen LogP contribution in [0.25, 0.3) is 0 Å². The molecule has 2 aromatic carbocycles. The molecule has 3 rings (SSSR count). The Morgan fingerprint density at radius 2 is 1.85 bits per heavy atom. The Morgan fingerprint density at radius 1 is 1.11 bits per heavy atom. The SMILES string of the molecule is CCN(Cc1ccccc1)C(=O)C1CCCN1C(=O)c1ccc(Cl)c(Cl)c1. The van der Waals surface area contributed by atoms with Crippen molar-refractivity contribution in [1.82, 2.24) is 9.80 Å². The lowest BCUT2D eigenvalue weighted by molar-refractivity contribution is -0.135. The predicted molar refractivity (Wildman–Crippen MR) is 108 cm³/mol. The molecule has 1 aliphatic heterocycles. The van der Waals surface area contributed by atoms with Crippen LogP contribution in [0.1, 0.15) is 35.7 Å². The quantitative estimate of drug-likeness (QED) is 0.727. The molecule has 1 saturated heterocycles. The molecule has 142 valence electrons. The zero-order valence-corrected chi connectivity index (χ0v) is 16.7. The van der Waals surface area contributed by atoms with Crippen molar-refractivity contribution in [1.29, 1.82) is 0 Å². The van der Waals surface area contributed by atoms with E-state index in [1.54, 1.807) is 28.0 Å². The van der Waals surface area contributed by atoms with Crippen molar-refractivity contribution in [3.05, 3.63) is 69.7 Å². The highest BCUT2D eigenvalue weighted by Gasteiger charge is 2.36. The van der Waals surface area contributed by atoms with E-state index in [2.05, 4.69) is 0 Å². The maximum atomic E-state index is 13.1. The summed E-state index contributed by atoms with van der Waals surface area (Å²) in [6.45, 7) is 3.67. The first-order valence-electron chi connectivity index (χ1n) is 9.10. The number of halogens is 2. The monoisotopic (exact) mass is 404 g/mol. The summed E-state index contributed by atoms with van der Waals surface area (Å²) in [4.78, 5) is 29.5. The molecule has 4 nitrogen and oxygen atoms in total. The van der Waals surface area contributed by atoms with Gasteiger partial charge in [0.25, 0.3) is 5.91 Å². The van der Waals surface area contributed by atoms with Gasteiger partial charge in [0.05, 0.1) is 10.0 Å². The van der Waals surface area contributed by atoms with E-state index < -0.39 is 6.04 Å². The molecule has 0 aliphatic carbocycles. The number of rotatable bonds is 5. The number of hydrogen-bond acceptors (Lipinski definition) is 2. The summed E-state index contributed by atoms with van der Waals surface area (Å²) in [5.41, 5.74) is 1.53. The van der Waals surface area contributed by atoms with Gasteiger partial charge >= 0.3 is 0 Å². The summed E-state index contributed by atoms with van der Waals surface area (Å²) in [5, 5.41) is 0.742. The Hall–Kier alpha value is -2.04. The molecular formula is C21H22Cl2N2O2. The number of likely N-dealkylation sites (N-methyl/N-ethyl adjacent to an activating group) is 1. The van der Waals surface area contributed by atoms with Crippen LogP contribution in [0.3, 0.4) is 0 Å². The second-order valence-corrected chi connectivity index (χ2v) is 7.44. The van der Waals surface area contributed by atoms with Crippen LogP contribution in [0, 0.1) is 0 Å². The summed E-state index contributed by atoms with van der Waals surface area (Å²) >= 11 is 12.0. The number of amides is 2. The van der Waals surface area contributed by atoms with Gasteiger partial charge in [0.15, 0.2) is 0 Å². The summed E-state index contributed by atoms with van der Waals surface area (Å²) in [6, 6.07) is 14.3. The normalized spacial score (nSPS) is 16.4. The van der Waals surface area contributed by atoms with Crippen molar-refractivity contribution >= 4 is 35.0 Å². The fraction of sp³-hybridized carbons (Fsp3) is 0.333. The van der Waals surface area contributed by atoms with Crippen molar-refractivity contribution in [2.75, 3.05) is 13.1 Å². The van der Waals surface area contributed by atoms with Crippen molar-refractivity contribution in [2.45, 2.75) is 32.4 Å². The number of likely N-dealkylation sites (tertiary alicyclic amines) is 1. The highest BCUT2D eigenvalue weighted by Crippen LogP contribution is 2.26. The molecule has 0 N–H and O–H groups in total. The Labute approximate surface area is 169 Å². The van der Waals surface area contributed by atoms with E-state index >= 15 is 0 Å². The lowest BCUT2D eigenvalue weighted by Gasteiger charge is -2.30. The van der Waals surface area contributed by atoms with Gasteiger partial charge in [-0.1, -0.05) is 53.5 Å².